The Balaban J connectivity index is 1.45. The van der Waals surface area contributed by atoms with Crippen molar-refractivity contribution < 1.29 is 14.3 Å². The van der Waals surface area contributed by atoms with Crippen molar-refractivity contribution in [3.8, 4) is 11.5 Å². The molecule has 0 heterocycles. The summed E-state index contributed by atoms with van der Waals surface area (Å²) >= 11 is 0. The first-order chi connectivity index (χ1) is 15.8. The smallest absolute Gasteiger partial charge is 0.412 e. The van der Waals surface area contributed by atoms with Gasteiger partial charge in [-0.2, -0.15) is 0 Å². The van der Waals surface area contributed by atoms with Gasteiger partial charge in [-0.3, -0.25) is 0 Å². The topological polar surface area (TPSA) is 47.6 Å². The van der Waals surface area contributed by atoms with Gasteiger partial charge in [0.05, 0.1) is 6.61 Å². The van der Waals surface area contributed by atoms with Gasteiger partial charge in [-0.25, -0.2) is 4.79 Å². The van der Waals surface area contributed by atoms with Crippen LogP contribution in [0.15, 0.2) is 54.6 Å². The summed E-state index contributed by atoms with van der Waals surface area (Å²) in [5.74, 6) is 1.41. The molecule has 32 heavy (non-hydrogen) atoms. The van der Waals surface area contributed by atoms with Crippen molar-refractivity contribution >= 4 is 6.09 Å². The molecular weight excluding hydrogens is 398 g/mol. The Bertz CT molecular complexity index is 715. The maximum absolute atomic E-state index is 11.8. The van der Waals surface area contributed by atoms with Crippen molar-refractivity contribution in [2.24, 2.45) is 0 Å². The largest absolute Gasteiger partial charge is 0.494 e. The zero-order valence-corrected chi connectivity index (χ0v) is 19.8. The Morgan fingerprint density at radius 3 is 1.84 bits per heavy atom. The highest BCUT2D eigenvalue weighted by Gasteiger charge is 2.04. The fourth-order valence-electron chi connectivity index (χ4n) is 3.64. The molecule has 1 N–H and O–H groups in total. The molecule has 2 rings (SSSR count). The molecule has 0 spiro atoms. The van der Waals surface area contributed by atoms with Crippen LogP contribution in [0.25, 0.3) is 0 Å². The van der Waals surface area contributed by atoms with Crippen LogP contribution in [-0.2, 0) is 6.54 Å². The molecular formula is C28H41NO3. The van der Waals surface area contributed by atoms with E-state index >= 15 is 0 Å². The maximum atomic E-state index is 11.8. The van der Waals surface area contributed by atoms with E-state index in [-0.39, 0.29) is 0 Å². The van der Waals surface area contributed by atoms with Crippen LogP contribution in [0.2, 0.25) is 0 Å². The number of benzene rings is 2. The highest BCUT2D eigenvalue weighted by atomic mass is 16.6. The molecule has 0 saturated heterocycles. The summed E-state index contributed by atoms with van der Waals surface area (Å²) < 4.78 is 11.1. The lowest BCUT2D eigenvalue weighted by Gasteiger charge is -2.09. The number of carbonyl (C=O) groups excluding carboxylic acids is 1. The van der Waals surface area contributed by atoms with Crippen LogP contribution in [0, 0.1) is 0 Å². The maximum Gasteiger partial charge on any atom is 0.412 e. The quantitative estimate of drug-likeness (QED) is 0.254. The second-order valence-electron chi connectivity index (χ2n) is 8.44. The summed E-state index contributed by atoms with van der Waals surface area (Å²) in [4.78, 5) is 11.8. The first kappa shape index (κ1) is 25.8. The number of amides is 1. The van der Waals surface area contributed by atoms with Gasteiger partial charge in [0.1, 0.15) is 11.5 Å². The van der Waals surface area contributed by atoms with E-state index in [4.69, 9.17) is 9.47 Å². The summed E-state index contributed by atoms with van der Waals surface area (Å²) in [7, 11) is 0. The van der Waals surface area contributed by atoms with Crippen molar-refractivity contribution in [1.82, 2.24) is 5.32 Å². The van der Waals surface area contributed by atoms with Crippen molar-refractivity contribution in [3.63, 3.8) is 0 Å². The summed E-state index contributed by atoms with van der Waals surface area (Å²) in [5, 5.41) is 2.76. The molecule has 4 nitrogen and oxygen atoms in total. The monoisotopic (exact) mass is 439 g/mol. The Kier molecular flexibility index (Phi) is 13.8. The number of nitrogens with one attached hydrogen (secondary N) is 1. The van der Waals surface area contributed by atoms with E-state index in [9.17, 15) is 4.79 Å². The number of ether oxygens (including phenoxy) is 2. The van der Waals surface area contributed by atoms with Crippen LogP contribution in [0.1, 0.15) is 89.5 Å². The number of hydrogen-bond acceptors (Lipinski definition) is 3. The summed E-state index contributed by atoms with van der Waals surface area (Å²) in [5.41, 5.74) is 1.01. The van der Waals surface area contributed by atoms with Gasteiger partial charge in [-0.1, -0.05) is 108 Å². The van der Waals surface area contributed by atoms with Gasteiger partial charge in [-0.05, 0) is 36.2 Å². The molecule has 0 aliphatic rings. The standard InChI is InChI=1S/C28H41NO3/c1-2-3-4-5-6-7-8-9-10-11-12-16-23-31-26-21-19-25(20-22-26)24-29-28(30)32-27-17-14-13-15-18-27/h13-15,17-22H,2-12,16,23-24H2,1H3,(H,29,30). The summed E-state index contributed by atoms with van der Waals surface area (Å²) in [6, 6.07) is 16.9. The predicted octanol–water partition coefficient (Wildman–Crippen LogP) is 8.06. The lowest BCUT2D eigenvalue weighted by atomic mass is 10.1. The number of hydrogen-bond donors (Lipinski definition) is 1. The van der Waals surface area contributed by atoms with E-state index in [1.54, 1.807) is 12.1 Å². The minimum Gasteiger partial charge on any atom is -0.494 e. The molecule has 176 valence electrons. The van der Waals surface area contributed by atoms with Crippen LogP contribution >= 0.6 is 0 Å². The average Bonchev–Trinajstić information content (AvgIpc) is 2.82. The molecule has 0 radical (unpaired) electrons. The third-order valence-corrected chi connectivity index (χ3v) is 5.58. The molecule has 0 aliphatic carbocycles. The van der Waals surface area contributed by atoms with Crippen molar-refractivity contribution in [2.45, 2.75) is 90.5 Å². The highest BCUT2D eigenvalue weighted by Crippen LogP contribution is 2.15. The average molecular weight is 440 g/mol. The second-order valence-corrected chi connectivity index (χ2v) is 8.44. The van der Waals surface area contributed by atoms with E-state index in [1.165, 1.54) is 70.6 Å². The molecule has 1 amide bonds. The fraction of sp³-hybridized carbons (Fsp3) is 0.536. The molecule has 0 aromatic heterocycles. The van der Waals surface area contributed by atoms with Gasteiger partial charge < -0.3 is 14.8 Å². The molecule has 2 aromatic carbocycles. The van der Waals surface area contributed by atoms with Crippen molar-refractivity contribution in [2.75, 3.05) is 6.61 Å². The van der Waals surface area contributed by atoms with Crippen LogP contribution in [-0.4, -0.2) is 12.7 Å². The van der Waals surface area contributed by atoms with Gasteiger partial charge in [0.2, 0.25) is 0 Å². The van der Waals surface area contributed by atoms with E-state index in [0.717, 1.165) is 24.3 Å². The minimum atomic E-state index is -0.455. The van der Waals surface area contributed by atoms with Gasteiger partial charge >= 0.3 is 6.09 Å². The normalized spacial score (nSPS) is 10.7. The zero-order valence-electron chi connectivity index (χ0n) is 19.8. The van der Waals surface area contributed by atoms with Crippen LogP contribution in [0.3, 0.4) is 0 Å². The third kappa shape index (κ3) is 12.4. The first-order valence-corrected chi connectivity index (χ1v) is 12.5. The molecule has 0 saturated carbocycles. The number of unbranched alkanes of at least 4 members (excludes halogenated alkanes) is 11. The van der Waals surface area contributed by atoms with E-state index in [2.05, 4.69) is 12.2 Å². The summed E-state index contributed by atoms with van der Waals surface area (Å²) in [6.45, 7) is 3.46. The van der Waals surface area contributed by atoms with E-state index in [0.29, 0.717) is 12.3 Å². The number of para-hydroxylation sites is 1. The van der Waals surface area contributed by atoms with Gasteiger partial charge in [0.25, 0.3) is 0 Å². The van der Waals surface area contributed by atoms with Gasteiger partial charge in [0, 0.05) is 6.54 Å². The number of carbonyl (C=O) groups is 1. The van der Waals surface area contributed by atoms with Crippen LogP contribution in [0.4, 0.5) is 4.79 Å². The van der Waals surface area contributed by atoms with Crippen molar-refractivity contribution in [3.05, 3.63) is 60.2 Å². The molecule has 4 heteroatoms. The second kappa shape index (κ2) is 17.1. The van der Waals surface area contributed by atoms with Gasteiger partial charge in [-0.15, -0.1) is 0 Å². The third-order valence-electron chi connectivity index (χ3n) is 5.58. The van der Waals surface area contributed by atoms with Crippen molar-refractivity contribution in [1.29, 1.82) is 0 Å². The molecule has 0 aliphatic heterocycles. The Hall–Kier alpha value is -2.49. The molecule has 0 bridgehead atoms. The van der Waals surface area contributed by atoms with Gasteiger partial charge in [0.15, 0.2) is 0 Å². The fourth-order valence-corrected chi connectivity index (χ4v) is 3.64. The van der Waals surface area contributed by atoms with E-state index < -0.39 is 6.09 Å². The molecule has 0 fully saturated rings. The van der Waals surface area contributed by atoms with Crippen LogP contribution < -0.4 is 14.8 Å². The zero-order chi connectivity index (χ0) is 22.7. The van der Waals surface area contributed by atoms with E-state index in [1.807, 2.05) is 42.5 Å². The number of rotatable bonds is 17. The predicted molar refractivity (Wildman–Crippen MR) is 132 cm³/mol. The molecule has 0 unspecified atom stereocenters. The Morgan fingerprint density at radius 1 is 0.688 bits per heavy atom. The molecule has 0 atom stereocenters. The Morgan fingerprint density at radius 2 is 1.25 bits per heavy atom. The summed E-state index contributed by atoms with van der Waals surface area (Å²) in [6.07, 6.45) is 15.7. The minimum absolute atomic E-state index is 0.421. The highest BCUT2D eigenvalue weighted by molar-refractivity contribution is 5.70. The Labute approximate surface area is 194 Å². The lowest BCUT2D eigenvalue weighted by Crippen LogP contribution is -2.26. The SMILES string of the molecule is CCCCCCCCCCCCCCOc1ccc(CNC(=O)Oc2ccccc2)cc1. The molecule has 2 aromatic rings. The van der Waals surface area contributed by atoms with Crippen LogP contribution in [0.5, 0.6) is 11.5 Å². The lowest BCUT2D eigenvalue weighted by molar-refractivity contribution is 0.200. The first-order valence-electron chi connectivity index (χ1n) is 12.5.